The predicted octanol–water partition coefficient (Wildman–Crippen LogP) is 5.45. The number of hydrogen-bond acceptors (Lipinski definition) is 4. The van der Waals surface area contributed by atoms with Crippen LogP contribution < -0.4 is 10.2 Å². The van der Waals surface area contributed by atoms with Crippen LogP contribution in [0.25, 0.3) is 11.0 Å². The number of amides is 1. The Balaban J connectivity index is 1.73. The molecule has 2 aromatic carbocycles. The average molecular weight is 418 g/mol. The van der Waals surface area contributed by atoms with Gasteiger partial charge in [0.1, 0.15) is 5.58 Å². The van der Waals surface area contributed by atoms with Crippen molar-refractivity contribution in [1.82, 2.24) is 0 Å². The largest absolute Gasteiger partial charge is 0.451 e. The van der Waals surface area contributed by atoms with Crippen LogP contribution in [0.1, 0.15) is 34.5 Å². The molecule has 0 atom stereocenters. The van der Waals surface area contributed by atoms with E-state index >= 15 is 0 Å². The van der Waals surface area contributed by atoms with Gasteiger partial charge in [-0.05, 0) is 37.1 Å². The number of anilines is 2. The van der Waals surface area contributed by atoms with E-state index in [1.165, 1.54) is 13.2 Å². The molecule has 1 aliphatic rings. The first kappa shape index (κ1) is 20.3. The number of carbonyl (C=O) groups excluding carboxylic acids is 1. The van der Waals surface area contributed by atoms with E-state index in [1.807, 2.05) is 17.0 Å². The Morgan fingerprint density at radius 1 is 1.17 bits per heavy atom. The van der Waals surface area contributed by atoms with Gasteiger partial charge < -0.3 is 19.4 Å². The number of furan rings is 1. The van der Waals surface area contributed by atoms with Gasteiger partial charge in [-0.3, -0.25) is 4.79 Å². The van der Waals surface area contributed by atoms with Crippen LogP contribution in [-0.4, -0.2) is 26.1 Å². The first-order valence-electron chi connectivity index (χ1n) is 9.65. The molecule has 158 valence electrons. The molecule has 8 heteroatoms. The lowest BCUT2D eigenvalue weighted by Crippen LogP contribution is -2.22. The highest BCUT2D eigenvalue weighted by atomic mass is 19.4. The summed E-state index contributed by atoms with van der Waals surface area (Å²) in [5.41, 5.74) is 0.931. The maximum atomic E-state index is 13.3. The molecule has 1 aliphatic heterocycles. The third kappa shape index (κ3) is 3.87. The number of halogens is 3. The second-order valence-electron chi connectivity index (χ2n) is 7.22. The molecule has 2 heterocycles. The summed E-state index contributed by atoms with van der Waals surface area (Å²) in [6.07, 6.45) is -2.60. The Hall–Kier alpha value is -3.00. The molecular formula is C22H21F3N2O3. The molecule has 1 N–H and O–H groups in total. The van der Waals surface area contributed by atoms with Crippen molar-refractivity contribution >= 4 is 28.3 Å². The van der Waals surface area contributed by atoms with Crippen LogP contribution in [-0.2, 0) is 17.5 Å². The molecule has 0 unspecified atom stereocenters. The van der Waals surface area contributed by atoms with Gasteiger partial charge in [-0.1, -0.05) is 18.2 Å². The Morgan fingerprint density at radius 2 is 1.90 bits per heavy atom. The van der Waals surface area contributed by atoms with Crippen LogP contribution in [0.2, 0.25) is 0 Å². The molecule has 0 aliphatic carbocycles. The van der Waals surface area contributed by atoms with Crippen molar-refractivity contribution in [1.29, 1.82) is 0 Å². The number of nitrogens with one attached hydrogen (secondary N) is 1. The zero-order chi connectivity index (χ0) is 21.3. The van der Waals surface area contributed by atoms with Gasteiger partial charge in [-0.2, -0.15) is 13.2 Å². The van der Waals surface area contributed by atoms with Crippen molar-refractivity contribution < 1.29 is 27.1 Å². The number of nitrogens with zero attached hydrogens (tertiary/aromatic N) is 1. The van der Waals surface area contributed by atoms with Gasteiger partial charge in [0, 0.05) is 31.1 Å². The van der Waals surface area contributed by atoms with Crippen molar-refractivity contribution in [2.24, 2.45) is 0 Å². The maximum absolute atomic E-state index is 13.3. The van der Waals surface area contributed by atoms with Crippen molar-refractivity contribution in [2.75, 3.05) is 30.4 Å². The molecular weight excluding hydrogens is 397 g/mol. The van der Waals surface area contributed by atoms with Crippen LogP contribution in [0.15, 0.2) is 46.9 Å². The standard InChI is InChI=1S/C22H21F3N2O3/c1-29-13-16-15-6-2-3-7-19(15)30-20(16)21(28)26-17-12-14(22(23,24)25)8-9-18(17)27-10-4-5-11-27/h2-3,6-9,12H,4-5,10-11,13H2,1H3,(H,26,28). The minimum absolute atomic E-state index is 0.0304. The number of ether oxygens (including phenoxy) is 1. The number of alkyl halides is 3. The number of hydrogen-bond donors (Lipinski definition) is 1. The third-order valence-electron chi connectivity index (χ3n) is 5.21. The summed E-state index contributed by atoms with van der Waals surface area (Å²) in [6, 6.07) is 10.6. The first-order chi connectivity index (χ1) is 14.4. The topological polar surface area (TPSA) is 54.7 Å². The molecule has 0 radical (unpaired) electrons. The molecule has 3 aromatic rings. The van der Waals surface area contributed by atoms with E-state index in [-0.39, 0.29) is 18.1 Å². The molecule has 1 saturated heterocycles. The minimum Gasteiger partial charge on any atom is -0.451 e. The highest BCUT2D eigenvalue weighted by molar-refractivity contribution is 6.08. The molecule has 1 amide bonds. The highest BCUT2D eigenvalue weighted by Gasteiger charge is 2.32. The smallest absolute Gasteiger partial charge is 0.416 e. The summed E-state index contributed by atoms with van der Waals surface area (Å²) in [5, 5.41) is 3.38. The second-order valence-corrected chi connectivity index (χ2v) is 7.22. The minimum atomic E-state index is -4.51. The van der Waals surface area contributed by atoms with E-state index in [2.05, 4.69) is 5.32 Å². The molecule has 30 heavy (non-hydrogen) atoms. The number of carbonyl (C=O) groups is 1. The van der Waals surface area contributed by atoms with Crippen LogP contribution in [0, 0.1) is 0 Å². The zero-order valence-corrected chi connectivity index (χ0v) is 16.4. The van der Waals surface area contributed by atoms with E-state index in [4.69, 9.17) is 9.15 Å². The first-order valence-corrected chi connectivity index (χ1v) is 9.65. The quantitative estimate of drug-likeness (QED) is 0.599. The number of para-hydroxylation sites is 1. The predicted molar refractivity (Wildman–Crippen MR) is 108 cm³/mol. The van der Waals surface area contributed by atoms with Gasteiger partial charge in [0.25, 0.3) is 5.91 Å². The molecule has 0 bridgehead atoms. The van der Waals surface area contributed by atoms with Gasteiger partial charge in [0.05, 0.1) is 23.5 Å². The molecule has 0 spiro atoms. The van der Waals surface area contributed by atoms with Gasteiger partial charge in [-0.25, -0.2) is 0 Å². The van der Waals surface area contributed by atoms with E-state index in [1.54, 1.807) is 12.1 Å². The summed E-state index contributed by atoms with van der Waals surface area (Å²) in [4.78, 5) is 15.0. The Kier molecular flexibility index (Phi) is 5.42. The molecule has 5 nitrogen and oxygen atoms in total. The Morgan fingerprint density at radius 3 is 2.60 bits per heavy atom. The normalized spacial score (nSPS) is 14.5. The van der Waals surface area contributed by atoms with Crippen LogP contribution >= 0.6 is 0 Å². The van der Waals surface area contributed by atoms with Crippen molar-refractivity contribution in [3.63, 3.8) is 0 Å². The van der Waals surface area contributed by atoms with Crippen molar-refractivity contribution in [3.8, 4) is 0 Å². The van der Waals surface area contributed by atoms with Crippen molar-refractivity contribution in [3.05, 3.63) is 59.4 Å². The fourth-order valence-electron chi connectivity index (χ4n) is 3.80. The summed E-state index contributed by atoms with van der Waals surface area (Å²) < 4.78 is 50.8. The van der Waals surface area contributed by atoms with E-state index in [0.29, 0.717) is 16.8 Å². The van der Waals surface area contributed by atoms with E-state index in [0.717, 1.165) is 43.5 Å². The van der Waals surface area contributed by atoms with Gasteiger partial charge >= 0.3 is 6.18 Å². The van der Waals surface area contributed by atoms with Crippen molar-refractivity contribution in [2.45, 2.75) is 25.6 Å². The molecule has 1 aromatic heterocycles. The number of fused-ring (bicyclic) bond motifs is 1. The monoisotopic (exact) mass is 418 g/mol. The highest BCUT2D eigenvalue weighted by Crippen LogP contribution is 2.37. The maximum Gasteiger partial charge on any atom is 0.416 e. The fourth-order valence-corrected chi connectivity index (χ4v) is 3.80. The van der Waals surface area contributed by atoms with Gasteiger partial charge in [0.15, 0.2) is 5.76 Å². The Labute approximate surface area is 171 Å². The summed E-state index contributed by atoms with van der Waals surface area (Å²) >= 11 is 0. The SMILES string of the molecule is COCc1c(C(=O)Nc2cc(C(F)(F)F)ccc2N2CCCC2)oc2ccccc12. The molecule has 1 fully saturated rings. The van der Waals surface area contributed by atoms with E-state index < -0.39 is 17.6 Å². The summed E-state index contributed by atoms with van der Waals surface area (Å²) in [6.45, 7) is 1.60. The zero-order valence-electron chi connectivity index (χ0n) is 16.4. The molecule has 0 saturated carbocycles. The van der Waals surface area contributed by atoms with Crippen LogP contribution in [0.3, 0.4) is 0 Å². The third-order valence-corrected chi connectivity index (χ3v) is 5.21. The Bertz CT molecular complexity index is 1070. The number of benzene rings is 2. The van der Waals surface area contributed by atoms with Crippen LogP contribution in [0.5, 0.6) is 0 Å². The van der Waals surface area contributed by atoms with Gasteiger partial charge in [-0.15, -0.1) is 0 Å². The van der Waals surface area contributed by atoms with Crippen LogP contribution in [0.4, 0.5) is 24.5 Å². The molecule has 4 rings (SSSR count). The fraction of sp³-hybridized carbons (Fsp3) is 0.318. The number of methoxy groups -OCH3 is 1. The lowest BCUT2D eigenvalue weighted by molar-refractivity contribution is -0.137. The summed E-state index contributed by atoms with van der Waals surface area (Å²) in [7, 11) is 1.50. The summed E-state index contributed by atoms with van der Waals surface area (Å²) in [5.74, 6) is -0.583. The van der Waals surface area contributed by atoms with E-state index in [9.17, 15) is 18.0 Å². The lowest BCUT2D eigenvalue weighted by Gasteiger charge is -2.22. The average Bonchev–Trinajstić information content (AvgIpc) is 3.36. The van der Waals surface area contributed by atoms with Gasteiger partial charge in [0.2, 0.25) is 0 Å². The number of rotatable bonds is 5. The second kappa shape index (κ2) is 8.02. The lowest BCUT2D eigenvalue weighted by atomic mass is 10.1.